The van der Waals surface area contributed by atoms with E-state index in [1.165, 1.54) is 5.56 Å². The average Bonchev–Trinajstić information content (AvgIpc) is 3.46. The normalized spacial score (nSPS) is 23.7. The van der Waals surface area contributed by atoms with Crippen molar-refractivity contribution >= 4 is 11.8 Å². The molecule has 1 aliphatic carbocycles. The van der Waals surface area contributed by atoms with Crippen molar-refractivity contribution in [2.45, 2.75) is 44.1 Å². The second-order valence-electron chi connectivity index (χ2n) is 7.46. The van der Waals surface area contributed by atoms with Gasteiger partial charge in [-0.15, -0.1) is 0 Å². The van der Waals surface area contributed by atoms with Crippen LogP contribution in [0, 0.1) is 11.8 Å². The van der Waals surface area contributed by atoms with Crippen molar-refractivity contribution in [3.63, 3.8) is 0 Å². The van der Waals surface area contributed by atoms with Crippen LogP contribution in [-0.2, 0) is 20.7 Å². The number of ketones is 1. The van der Waals surface area contributed by atoms with Crippen molar-refractivity contribution in [1.29, 1.82) is 0 Å². The first-order chi connectivity index (χ1) is 12.7. The Labute approximate surface area is 154 Å². The molecule has 134 valence electrons. The Hall–Kier alpha value is -2.42. The Morgan fingerprint density at radius 1 is 0.923 bits per heavy atom. The van der Waals surface area contributed by atoms with Crippen LogP contribution in [0.1, 0.15) is 42.7 Å². The number of hydrogen-bond acceptors (Lipinski definition) is 3. The molecule has 3 atom stereocenters. The summed E-state index contributed by atoms with van der Waals surface area (Å²) in [4.78, 5) is 25.5. The molecule has 1 saturated carbocycles. The van der Waals surface area contributed by atoms with E-state index in [0.29, 0.717) is 12.3 Å². The summed E-state index contributed by atoms with van der Waals surface area (Å²) in [5.41, 5.74) is 2.34. The third-order valence-electron chi connectivity index (χ3n) is 5.58. The maximum absolute atomic E-state index is 13.0. The average molecular weight is 348 g/mol. The van der Waals surface area contributed by atoms with Gasteiger partial charge in [-0.1, -0.05) is 60.7 Å². The zero-order chi connectivity index (χ0) is 17.9. The molecule has 2 aliphatic rings. The molecule has 3 heteroatoms. The van der Waals surface area contributed by atoms with Crippen molar-refractivity contribution in [3.8, 4) is 0 Å². The molecule has 0 N–H and O–H groups in total. The number of cyclic esters (lactones) is 1. The third-order valence-corrected chi connectivity index (χ3v) is 5.58. The van der Waals surface area contributed by atoms with Gasteiger partial charge in [0, 0.05) is 5.92 Å². The van der Waals surface area contributed by atoms with Crippen molar-refractivity contribution < 1.29 is 14.3 Å². The van der Waals surface area contributed by atoms with E-state index in [4.69, 9.17) is 4.74 Å². The maximum atomic E-state index is 13.0. The van der Waals surface area contributed by atoms with E-state index in [0.717, 1.165) is 31.2 Å². The summed E-state index contributed by atoms with van der Waals surface area (Å²) in [5, 5.41) is 0. The van der Waals surface area contributed by atoms with Gasteiger partial charge in [-0.2, -0.15) is 0 Å². The zero-order valence-electron chi connectivity index (χ0n) is 14.8. The number of hydrogen-bond donors (Lipinski definition) is 0. The van der Waals surface area contributed by atoms with Gasteiger partial charge in [0.05, 0.1) is 0 Å². The first-order valence-electron chi connectivity index (χ1n) is 9.57. The fourth-order valence-corrected chi connectivity index (χ4v) is 4.12. The van der Waals surface area contributed by atoms with Crippen molar-refractivity contribution in [1.82, 2.24) is 0 Å². The first-order valence-corrected chi connectivity index (χ1v) is 9.57. The lowest BCUT2D eigenvalue weighted by atomic mass is 9.79. The molecule has 0 aromatic heterocycles. The van der Waals surface area contributed by atoms with Crippen LogP contribution < -0.4 is 0 Å². The summed E-state index contributed by atoms with van der Waals surface area (Å²) < 4.78 is 5.52. The van der Waals surface area contributed by atoms with Crippen molar-refractivity contribution in [3.05, 3.63) is 71.8 Å². The topological polar surface area (TPSA) is 43.4 Å². The number of Topliss-reactive ketones (excluding diaryl/α,β-unsaturated/α-hetero) is 1. The molecular formula is C23H24O3. The van der Waals surface area contributed by atoms with E-state index >= 15 is 0 Å². The summed E-state index contributed by atoms with van der Waals surface area (Å²) in [5.74, 6) is -0.534. The van der Waals surface area contributed by atoms with Gasteiger partial charge in [0.2, 0.25) is 0 Å². The van der Waals surface area contributed by atoms with Gasteiger partial charge in [-0.25, -0.2) is 0 Å². The van der Waals surface area contributed by atoms with Gasteiger partial charge < -0.3 is 4.74 Å². The number of esters is 1. The van der Waals surface area contributed by atoms with E-state index in [9.17, 15) is 9.59 Å². The fourth-order valence-electron chi connectivity index (χ4n) is 4.12. The predicted octanol–water partition coefficient (Wildman–Crippen LogP) is 4.31. The zero-order valence-corrected chi connectivity index (χ0v) is 14.8. The molecule has 4 rings (SSSR count). The van der Waals surface area contributed by atoms with Crippen LogP contribution in [0.4, 0.5) is 0 Å². The summed E-state index contributed by atoms with van der Waals surface area (Å²) in [7, 11) is 0. The largest absolute Gasteiger partial charge is 0.454 e. The number of carbonyl (C=O) groups excluding carboxylic acids is 2. The van der Waals surface area contributed by atoms with Crippen LogP contribution in [0.2, 0.25) is 0 Å². The Bertz CT molecular complexity index is 765. The van der Waals surface area contributed by atoms with Crippen molar-refractivity contribution in [2.75, 3.05) is 0 Å². The molecule has 1 aliphatic heterocycles. The number of rotatable bonds is 7. The highest BCUT2D eigenvalue weighted by molar-refractivity contribution is 6.07. The first kappa shape index (κ1) is 17.0. The molecule has 0 radical (unpaired) electrons. The molecular weight excluding hydrogens is 324 g/mol. The van der Waals surface area contributed by atoms with Crippen LogP contribution in [0.25, 0.3) is 0 Å². The molecule has 2 aromatic carbocycles. The smallest absolute Gasteiger partial charge is 0.317 e. The van der Waals surface area contributed by atoms with E-state index in [1.54, 1.807) is 0 Å². The summed E-state index contributed by atoms with van der Waals surface area (Å²) in [6.07, 6.45) is 3.98. The van der Waals surface area contributed by atoms with Gasteiger partial charge in [-0.05, 0) is 49.1 Å². The molecule has 3 nitrogen and oxygen atoms in total. The maximum Gasteiger partial charge on any atom is 0.317 e. The van der Waals surface area contributed by atoms with Crippen LogP contribution >= 0.6 is 0 Å². The number of benzene rings is 2. The van der Waals surface area contributed by atoms with Crippen LogP contribution in [0.15, 0.2) is 60.7 Å². The highest BCUT2D eigenvalue weighted by atomic mass is 16.6. The molecule has 26 heavy (non-hydrogen) atoms. The summed E-state index contributed by atoms with van der Waals surface area (Å²) in [6.45, 7) is 0. The van der Waals surface area contributed by atoms with Gasteiger partial charge >= 0.3 is 5.97 Å². The second-order valence-corrected chi connectivity index (χ2v) is 7.46. The predicted molar refractivity (Wildman–Crippen MR) is 99.7 cm³/mol. The Kier molecular flexibility index (Phi) is 4.87. The van der Waals surface area contributed by atoms with Gasteiger partial charge in [0.1, 0.15) is 5.92 Å². The molecule has 3 unspecified atom stereocenters. The quantitative estimate of drug-likeness (QED) is 0.553. The minimum absolute atomic E-state index is 0.0104. The van der Waals surface area contributed by atoms with Crippen LogP contribution in [0.3, 0.4) is 0 Å². The Balaban J connectivity index is 1.43. The lowest BCUT2D eigenvalue weighted by Crippen LogP contribution is -2.27. The summed E-state index contributed by atoms with van der Waals surface area (Å²) >= 11 is 0. The van der Waals surface area contributed by atoms with E-state index in [1.807, 2.05) is 48.5 Å². The van der Waals surface area contributed by atoms with E-state index in [2.05, 4.69) is 12.1 Å². The summed E-state index contributed by atoms with van der Waals surface area (Å²) in [6, 6.07) is 20.2. The Morgan fingerprint density at radius 3 is 2.23 bits per heavy atom. The highest BCUT2D eigenvalue weighted by Crippen LogP contribution is 2.49. The lowest BCUT2D eigenvalue weighted by Gasteiger charge is -2.20. The van der Waals surface area contributed by atoms with Gasteiger partial charge in [-0.3, -0.25) is 9.59 Å². The molecule has 0 amide bonds. The molecule has 2 fully saturated rings. The number of carbonyl (C=O) groups is 2. The van der Waals surface area contributed by atoms with Crippen molar-refractivity contribution in [2.24, 2.45) is 11.8 Å². The Morgan fingerprint density at radius 2 is 1.58 bits per heavy atom. The molecule has 0 bridgehead atoms. The minimum atomic E-state index is -0.619. The number of ether oxygens (including phenoxy) is 1. The molecule has 0 spiro atoms. The molecule has 1 saturated heterocycles. The van der Waals surface area contributed by atoms with Gasteiger partial charge in [0.15, 0.2) is 11.9 Å². The minimum Gasteiger partial charge on any atom is -0.454 e. The monoisotopic (exact) mass is 348 g/mol. The van der Waals surface area contributed by atoms with Crippen LogP contribution in [0.5, 0.6) is 0 Å². The standard InChI is InChI=1S/C23H24O3/c24-22-19(13-7-10-16-8-3-1-4-9-16)26-23(25)21(22)20(18-14-15-18)17-11-5-2-6-12-17/h1-6,8-9,11-12,18-21H,7,10,13-15H2. The fraction of sp³-hybridized carbons (Fsp3) is 0.391. The van der Waals surface area contributed by atoms with Gasteiger partial charge in [0.25, 0.3) is 0 Å². The molecule has 2 aromatic rings. The molecule has 1 heterocycles. The highest BCUT2D eigenvalue weighted by Gasteiger charge is 2.51. The van der Waals surface area contributed by atoms with Crippen LogP contribution in [-0.4, -0.2) is 17.9 Å². The van der Waals surface area contributed by atoms with E-state index < -0.39 is 12.0 Å². The lowest BCUT2D eigenvalue weighted by molar-refractivity contribution is -0.145. The van der Waals surface area contributed by atoms with E-state index in [-0.39, 0.29) is 17.7 Å². The second kappa shape index (κ2) is 7.45. The third kappa shape index (κ3) is 3.57. The number of aryl methyl sites for hydroxylation is 1. The SMILES string of the molecule is O=C1OC(CCCc2ccccc2)C(=O)C1C(c1ccccc1)C1CC1.